The number of hydrogen-bond acceptors (Lipinski definition) is 4. The number of rotatable bonds is 2. The zero-order valence-electron chi connectivity index (χ0n) is 10.7. The summed E-state index contributed by atoms with van der Waals surface area (Å²) in [6.45, 7) is 1.76. The van der Waals surface area contributed by atoms with Gasteiger partial charge >= 0.3 is 0 Å². The maximum atomic E-state index is 9.55. The summed E-state index contributed by atoms with van der Waals surface area (Å²) >= 11 is 1.82. The van der Waals surface area contributed by atoms with Gasteiger partial charge in [-0.2, -0.15) is 0 Å². The number of thiazole rings is 1. The van der Waals surface area contributed by atoms with Crippen molar-refractivity contribution in [2.45, 2.75) is 56.5 Å². The highest BCUT2D eigenvalue weighted by Gasteiger charge is 2.25. The van der Waals surface area contributed by atoms with Crippen LogP contribution < -0.4 is 0 Å². The summed E-state index contributed by atoms with van der Waals surface area (Å²) in [4.78, 5) is 4.86. The van der Waals surface area contributed by atoms with Crippen LogP contribution in [0.25, 0.3) is 0 Å². The Morgan fingerprint density at radius 1 is 1.06 bits per heavy atom. The molecule has 1 saturated carbocycles. The van der Waals surface area contributed by atoms with E-state index in [2.05, 4.69) is 5.38 Å². The molecular weight excluding hydrogens is 246 g/mol. The highest BCUT2D eigenvalue weighted by atomic mass is 32.1. The van der Waals surface area contributed by atoms with Crippen LogP contribution in [-0.2, 0) is 4.74 Å². The number of aliphatic hydroxyl groups excluding tert-OH is 1. The van der Waals surface area contributed by atoms with Gasteiger partial charge in [-0.05, 0) is 38.5 Å². The zero-order valence-corrected chi connectivity index (χ0v) is 11.5. The quantitative estimate of drug-likeness (QED) is 0.895. The van der Waals surface area contributed by atoms with Crippen molar-refractivity contribution in [3.05, 3.63) is 16.1 Å². The molecular formula is C14H21NO2S. The van der Waals surface area contributed by atoms with Crippen molar-refractivity contribution < 1.29 is 9.84 Å². The van der Waals surface area contributed by atoms with Crippen molar-refractivity contribution in [2.24, 2.45) is 0 Å². The summed E-state index contributed by atoms with van der Waals surface area (Å²) in [6.07, 6.45) is 6.24. The average molecular weight is 267 g/mol. The molecule has 0 atom stereocenters. The van der Waals surface area contributed by atoms with Gasteiger partial charge < -0.3 is 9.84 Å². The lowest BCUT2D eigenvalue weighted by Crippen LogP contribution is -2.17. The molecule has 1 aliphatic heterocycles. The van der Waals surface area contributed by atoms with E-state index < -0.39 is 0 Å². The molecule has 2 aliphatic rings. The summed E-state index contributed by atoms with van der Waals surface area (Å²) in [5, 5.41) is 13.1. The van der Waals surface area contributed by atoms with E-state index in [4.69, 9.17) is 9.72 Å². The highest BCUT2D eigenvalue weighted by Crippen LogP contribution is 2.36. The summed E-state index contributed by atoms with van der Waals surface area (Å²) in [7, 11) is 0. The SMILES string of the molecule is OC1CCC(c2nc(C3CCOCC3)cs2)CC1. The Morgan fingerprint density at radius 3 is 2.50 bits per heavy atom. The van der Waals surface area contributed by atoms with Crippen LogP contribution in [0.1, 0.15) is 61.1 Å². The van der Waals surface area contributed by atoms with Crippen LogP contribution in [0.5, 0.6) is 0 Å². The molecule has 3 nitrogen and oxygen atoms in total. The normalized spacial score (nSPS) is 30.5. The summed E-state index contributed by atoms with van der Waals surface area (Å²) in [5.74, 6) is 1.20. The van der Waals surface area contributed by atoms with Gasteiger partial charge in [-0.25, -0.2) is 4.98 Å². The average Bonchev–Trinajstić information content (AvgIpc) is 2.90. The molecule has 1 N–H and O–H groups in total. The first kappa shape index (κ1) is 12.6. The van der Waals surface area contributed by atoms with Gasteiger partial charge in [0.05, 0.1) is 16.8 Å². The summed E-state index contributed by atoms with van der Waals surface area (Å²) in [6, 6.07) is 0. The van der Waals surface area contributed by atoms with Gasteiger partial charge in [0, 0.05) is 30.4 Å². The predicted molar refractivity (Wildman–Crippen MR) is 72.1 cm³/mol. The van der Waals surface area contributed by atoms with E-state index in [-0.39, 0.29) is 6.10 Å². The predicted octanol–water partition coefficient (Wildman–Crippen LogP) is 3.06. The van der Waals surface area contributed by atoms with Crippen molar-refractivity contribution in [2.75, 3.05) is 13.2 Å². The van der Waals surface area contributed by atoms with Gasteiger partial charge in [-0.3, -0.25) is 0 Å². The van der Waals surface area contributed by atoms with Gasteiger partial charge in [0.25, 0.3) is 0 Å². The Kier molecular flexibility index (Phi) is 3.97. The standard InChI is InChI=1S/C14H21NO2S/c16-12-3-1-11(2-4-12)14-15-13(9-18-14)10-5-7-17-8-6-10/h9-12,16H,1-8H2. The number of aliphatic hydroxyl groups is 1. The zero-order chi connectivity index (χ0) is 12.4. The van der Waals surface area contributed by atoms with Gasteiger partial charge in [0.1, 0.15) is 0 Å². The van der Waals surface area contributed by atoms with Crippen LogP contribution in [0.15, 0.2) is 5.38 Å². The number of ether oxygens (including phenoxy) is 1. The molecule has 0 aromatic carbocycles. The fourth-order valence-corrected chi connectivity index (χ4v) is 4.06. The first-order valence-electron chi connectivity index (χ1n) is 7.04. The number of nitrogens with zero attached hydrogens (tertiary/aromatic N) is 1. The lowest BCUT2D eigenvalue weighted by molar-refractivity contribution is 0.0845. The molecule has 3 rings (SSSR count). The highest BCUT2D eigenvalue weighted by molar-refractivity contribution is 7.09. The number of hydrogen-bond donors (Lipinski definition) is 1. The molecule has 1 aromatic heterocycles. The molecule has 1 saturated heterocycles. The molecule has 0 bridgehead atoms. The lowest BCUT2D eigenvalue weighted by atomic mass is 9.88. The maximum absolute atomic E-state index is 9.55. The Bertz CT molecular complexity index is 379. The van der Waals surface area contributed by atoms with E-state index in [1.54, 1.807) is 0 Å². The first-order valence-corrected chi connectivity index (χ1v) is 7.92. The van der Waals surface area contributed by atoms with Gasteiger partial charge in [-0.15, -0.1) is 11.3 Å². The molecule has 2 fully saturated rings. The molecule has 18 heavy (non-hydrogen) atoms. The van der Waals surface area contributed by atoms with E-state index in [9.17, 15) is 5.11 Å². The molecule has 0 unspecified atom stereocenters. The minimum Gasteiger partial charge on any atom is -0.393 e. The fraction of sp³-hybridized carbons (Fsp3) is 0.786. The van der Waals surface area contributed by atoms with Crippen molar-refractivity contribution in [1.29, 1.82) is 0 Å². The summed E-state index contributed by atoms with van der Waals surface area (Å²) in [5.41, 5.74) is 1.28. The Morgan fingerprint density at radius 2 is 1.78 bits per heavy atom. The largest absolute Gasteiger partial charge is 0.393 e. The van der Waals surface area contributed by atoms with Crippen LogP contribution in [-0.4, -0.2) is 29.4 Å². The monoisotopic (exact) mass is 267 g/mol. The molecule has 1 aliphatic carbocycles. The Hall–Kier alpha value is -0.450. The van der Waals surface area contributed by atoms with Crippen LogP contribution in [0.4, 0.5) is 0 Å². The second-order valence-electron chi connectivity index (χ2n) is 5.50. The van der Waals surface area contributed by atoms with Gasteiger partial charge in [0.15, 0.2) is 0 Å². The topological polar surface area (TPSA) is 42.4 Å². The molecule has 0 amide bonds. The van der Waals surface area contributed by atoms with E-state index in [1.807, 2.05) is 11.3 Å². The fourth-order valence-electron chi connectivity index (χ4n) is 2.99. The van der Waals surface area contributed by atoms with E-state index in [0.29, 0.717) is 11.8 Å². The van der Waals surface area contributed by atoms with E-state index in [0.717, 1.165) is 51.7 Å². The molecule has 0 radical (unpaired) electrons. The number of aromatic nitrogens is 1. The van der Waals surface area contributed by atoms with Crippen LogP contribution >= 0.6 is 11.3 Å². The van der Waals surface area contributed by atoms with Crippen LogP contribution in [0.2, 0.25) is 0 Å². The second-order valence-corrected chi connectivity index (χ2v) is 6.39. The molecule has 100 valence electrons. The Labute approximate surface area is 112 Å². The second kappa shape index (κ2) is 5.68. The van der Waals surface area contributed by atoms with Crippen molar-refractivity contribution in [3.63, 3.8) is 0 Å². The molecule has 4 heteroatoms. The van der Waals surface area contributed by atoms with Crippen LogP contribution in [0, 0.1) is 0 Å². The third kappa shape index (κ3) is 2.76. The third-order valence-electron chi connectivity index (χ3n) is 4.23. The minimum absolute atomic E-state index is 0.0730. The van der Waals surface area contributed by atoms with Gasteiger partial charge in [0.2, 0.25) is 0 Å². The minimum atomic E-state index is -0.0730. The Balaban J connectivity index is 1.65. The van der Waals surface area contributed by atoms with Crippen molar-refractivity contribution >= 4 is 11.3 Å². The van der Waals surface area contributed by atoms with Crippen molar-refractivity contribution in [1.82, 2.24) is 4.98 Å². The van der Waals surface area contributed by atoms with Gasteiger partial charge in [-0.1, -0.05) is 0 Å². The first-order chi connectivity index (χ1) is 8.83. The van der Waals surface area contributed by atoms with E-state index >= 15 is 0 Å². The van der Waals surface area contributed by atoms with E-state index in [1.165, 1.54) is 10.7 Å². The summed E-state index contributed by atoms with van der Waals surface area (Å²) < 4.78 is 5.40. The molecule has 0 spiro atoms. The smallest absolute Gasteiger partial charge is 0.0959 e. The maximum Gasteiger partial charge on any atom is 0.0959 e. The third-order valence-corrected chi connectivity index (χ3v) is 5.25. The molecule has 1 aromatic rings. The van der Waals surface area contributed by atoms with Crippen LogP contribution in [0.3, 0.4) is 0 Å². The lowest BCUT2D eigenvalue weighted by Gasteiger charge is -2.24. The molecule has 2 heterocycles. The van der Waals surface area contributed by atoms with Crippen molar-refractivity contribution in [3.8, 4) is 0 Å².